The van der Waals surface area contributed by atoms with Crippen molar-refractivity contribution >= 4 is 23.8 Å². The van der Waals surface area contributed by atoms with E-state index in [-0.39, 0.29) is 24.4 Å². The molecular weight excluding hydrogens is 584 g/mol. The molecule has 5 amide bonds. The van der Waals surface area contributed by atoms with E-state index in [9.17, 15) is 36.7 Å². The first kappa shape index (κ1) is 30.7. The molecule has 0 saturated carbocycles. The van der Waals surface area contributed by atoms with Crippen molar-refractivity contribution < 1.29 is 36.7 Å². The third kappa shape index (κ3) is 5.63. The molecule has 44 heavy (non-hydrogen) atoms. The van der Waals surface area contributed by atoms with Crippen LogP contribution in [0.1, 0.15) is 30.0 Å². The normalized spacial score (nSPS) is 18.4. The standard InChI is InChI=1S/C30H30F4N6O4/c1-18(30(32,33)34)39(14-19-4-7-23(31)8-5-19)26(42)17-40-28(44)36-27(43)29(40)11-10-21-12-20(6-9-24(21)29)22-13-35-38(15-22)16-25(41)37(2)3/h4-9,12-13,15,18H,10-11,14,16-17H2,1-3H3,(H,36,43,44)/t18-,29-/m0/s1. The van der Waals surface area contributed by atoms with E-state index in [0.29, 0.717) is 16.9 Å². The number of rotatable bonds is 8. The summed E-state index contributed by atoms with van der Waals surface area (Å²) in [7, 11) is 3.29. The molecule has 14 heteroatoms. The Morgan fingerprint density at radius 1 is 1.05 bits per heavy atom. The van der Waals surface area contributed by atoms with Crippen LogP contribution in [0.4, 0.5) is 22.4 Å². The number of halogens is 4. The molecule has 2 heterocycles. The molecule has 1 spiro atoms. The molecule has 2 aromatic carbocycles. The van der Waals surface area contributed by atoms with E-state index >= 15 is 0 Å². The lowest BCUT2D eigenvalue weighted by Gasteiger charge is -2.36. The van der Waals surface area contributed by atoms with E-state index in [0.717, 1.165) is 40.6 Å². The van der Waals surface area contributed by atoms with Gasteiger partial charge in [-0.05, 0) is 54.2 Å². The summed E-state index contributed by atoms with van der Waals surface area (Å²) in [5, 5.41) is 6.48. The van der Waals surface area contributed by atoms with E-state index in [1.165, 1.54) is 21.7 Å². The van der Waals surface area contributed by atoms with E-state index < -0.39 is 54.5 Å². The van der Waals surface area contributed by atoms with E-state index in [4.69, 9.17) is 0 Å². The van der Waals surface area contributed by atoms with E-state index in [1.54, 1.807) is 38.6 Å². The first-order valence-electron chi connectivity index (χ1n) is 13.8. The van der Waals surface area contributed by atoms with Crippen molar-refractivity contribution in [3.8, 4) is 11.1 Å². The third-order valence-corrected chi connectivity index (χ3v) is 8.19. The summed E-state index contributed by atoms with van der Waals surface area (Å²) in [6.45, 7) is -0.383. The zero-order chi connectivity index (χ0) is 32.0. The predicted molar refractivity (Wildman–Crippen MR) is 149 cm³/mol. The number of fused-ring (bicyclic) bond motifs is 2. The minimum Gasteiger partial charge on any atom is -0.347 e. The van der Waals surface area contributed by atoms with Crippen LogP contribution in [0.25, 0.3) is 11.1 Å². The topological polar surface area (TPSA) is 108 Å². The number of carbonyl (C=O) groups is 4. The number of alkyl halides is 3. The summed E-state index contributed by atoms with van der Waals surface area (Å²) in [5.41, 5.74) is 1.36. The number of aryl methyl sites for hydroxylation is 1. The van der Waals surface area contributed by atoms with E-state index in [1.807, 2.05) is 6.07 Å². The highest BCUT2D eigenvalue weighted by molar-refractivity contribution is 6.09. The van der Waals surface area contributed by atoms with Crippen molar-refractivity contribution in [2.75, 3.05) is 20.6 Å². The molecule has 10 nitrogen and oxygen atoms in total. The van der Waals surface area contributed by atoms with Gasteiger partial charge in [-0.3, -0.25) is 29.3 Å². The summed E-state index contributed by atoms with van der Waals surface area (Å²) in [5.74, 6) is -2.40. The van der Waals surface area contributed by atoms with Crippen molar-refractivity contribution in [2.45, 2.75) is 50.6 Å². The fourth-order valence-electron chi connectivity index (χ4n) is 5.63. The Bertz CT molecular complexity index is 1620. The quantitative estimate of drug-likeness (QED) is 0.309. The zero-order valence-corrected chi connectivity index (χ0v) is 24.2. The molecule has 2 aliphatic rings. The van der Waals surface area contributed by atoms with Crippen LogP contribution < -0.4 is 5.32 Å². The van der Waals surface area contributed by atoms with Crippen molar-refractivity contribution in [3.63, 3.8) is 0 Å². The number of nitrogens with one attached hydrogen (secondary N) is 1. The van der Waals surface area contributed by atoms with Crippen LogP contribution >= 0.6 is 0 Å². The van der Waals surface area contributed by atoms with Crippen LogP contribution in [0.15, 0.2) is 54.9 Å². The number of hydrogen-bond acceptors (Lipinski definition) is 5. The Balaban J connectivity index is 1.42. The number of aromatic nitrogens is 2. The number of urea groups is 1. The monoisotopic (exact) mass is 614 g/mol. The van der Waals surface area contributed by atoms with Gasteiger partial charge in [0.05, 0.1) is 6.20 Å². The second-order valence-corrected chi connectivity index (χ2v) is 11.2. The maximum Gasteiger partial charge on any atom is 0.408 e. The molecule has 0 bridgehead atoms. The summed E-state index contributed by atoms with van der Waals surface area (Å²) < 4.78 is 56.4. The molecule has 2 atom stereocenters. The largest absolute Gasteiger partial charge is 0.408 e. The first-order valence-corrected chi connectivity index (χ1v) is 13.8. The molecule has 3 aromatic rings. The van der Waals surface area contributed by atoms with Gasteiger partial charge in [-0.15, -0.1) is 0 Å². The van der Waals surface area contributed by atoms with Crippen molar-refractivity contribution in [1.82, 2.24) is 29.8 Å². The maximum atomic E-state index is 13.8. The van der Waals surface area contributed by atoms with Crippen molar-refractivity contribution in [1.29, 1.82) is 0 Å². The third-order valence-electron chi connectivity index (χ3n) is 8.19. The second kappa shape index (κ2) is 11.4. The number of likely N-dealkylation sites (N-methyl/N-ethyl adjacent to an activating group) is 1. The van der Waals surface area contributed by atoms with Gasteiger partial charge in [-0.1, -0.05) is 30.3 Å². The smallest absolute Gasteiger partial charge is 0.347 e. The average Bonchev–Trinajstić information content (AvgIpc) is 3.65. The van der Waals surface area contributed by atoms with Gasteiger partial charge < -0.3 is 9.80 Å². The van der Waals surface area contributed by atoms with Gasteiger partial charge in [0.25, 0.3) is 5.91 Å². The zero-order valence-electron chi connectivity index (χ0n) is 24.2. The van der Waals surface area contributed by atoms with Crippen molar-refractivity contribution in [3.05, 3.63) is 77.4 Å². The molecule has 5 rings (SSSR count). The van der Waals surface area contributed by atoms with Gasteiger partial charge in [0.1, 0.15) is 30.5 Å². The van der Waals surface area contributed by atoms with Crippen molar-refractivity contribution in [2.24, 2.45) is 0 Å². The molecular formula is C30H30F4N6O4. The highest BCUT2D eigenvalue weighted by atomic mass is 19.4. The minimum atomic E-state index is -4.78. The highest BCUT2D eigenvalue weighted by Gasteiger charge is 2.58. The Morgan fingerprint density at radius 2 is 1.75 bits per heavy atom. The molecule has 1 aliphatic carbocycles. The molecule has 0 radical (unpaired) electrons. The molecule has 232 valence electrons. The summed E-state index contributed by atoms with van der Waals surface area (Å²) in [4.78, 5) is 54.9. The fourth-order valence-corrected chi connectivity index (χ4v) is 5.63. The molecule has 1 aliphatic heterocycles. The van der Waals surface area contributed by atoms with Crippen LogP contribution in [-0.2, 0) is 39.4 Å². The van der Waals surface area contributed by atoms with Crippen LogP contribution in [0, 0.1) is 5.82 Å². The Labute approximate surface area is 250 Å². The molecule has 1 N–H and O–H groups in total. The van der Waals surface area contributed by atoms with Crippen LogP contribution in [-0.4, -0.2) is 81.1 Å². The second-order valence-electron chi connectivity index (χ2n) is 11.2. The number of nitrogens with zero attached hydrogens (tertiary/aromatic N) is 5. The van der Waals surface area contributed by atoms with Crippen LogP contribution in [0.2, 0.25) is 0 Å². The first-order chi connectivity index (χ1) is 20.7. The van der Waals surface area contributed by atoms with Gasteiger partial charge in [0.15, 0.2) is 0 Å². The van der Waals surface area contributed by atoms with E-state index in [2.05, 4.69) is 10.4 Å². The lowest BCUT2D eigenvalue weighted by molar-refractivity contribution is -0.187. The SMILES string of the molecule is C[C@H](N(Cc1ccc(F)cc1)C(=O)CN1C(=O)NC(=O)[C@@]12CCc1cc(-c3cnn(CC(=O)N(C)C)c3)ccc12)C(F)(F)F. The Kier molecular flexibility index (Phi) is 7.95. The Morgan fingerprint density at radius 3 is 2.41 bits per heavy atom. The number of benzene rings is 2. The molecule has 0 unspecified atom stereocenters. The van der Waals surface area contributed by atoms with Crippen LogP contribution in [0.3, 0.4) is 0 Å². The molecule has 1 aromatic heterocycles. The van der Waals surface area contributed by atoms with Gasteiger partial charge in [0.2, 0.25) is 11.8 Å². The van der Waals surface area contributed by atoms with Gasteiger partial charge in [-0.25, -0.2) is 9.18 Å². The lowest BCUT2D eigenvalue weighted by atomic mass is 9.89. The Hall–Kier alpha value is -4.75. The summed E-state index contributed by atoms with van der Waals surface area (Å²) >= 11 is 0. The number of hydrogen-bond donors (Lipinski definition) is 1. The minimum absolute atomic E-state index is 0.0530. The summed E-state index contributed by atoms with van der Waals surface area (Å²) in [6.07, 6.45) is -0.980. The molecule has 1 saturated heterocycles. The highest BCUT2D eigenvalue weighted by Crippen LogP contribution is 2.46. The predicted octanol–water partition coefficient (Wildman–Crippen LogP) is 3.45. The van der Waals surface area contributed by atoms with Gasteiger partial charge in [0, 0.05) is 32.4 Å². The lowest BCUT2D eigenvalue weighted by Crippen LogP contribution is -2.53. The average molecular weight is 615 g/mol. The summed E-state index contributed by atoms with van der Waals surface area (Å²) in [6, 6.07) is 6.85. The molecule has 1 fully saturated rings. The number of amides is 5. The number of imide groups is 1. The van der Waals surface area contributed by atoms with Gasteiger partial charge in [-0.2, -0.15) is 18.3 Å². The van der Waals surface area contributed by atoms with Gasteiger partial charge >= 0.3 is 12.2 Å². The van der Waals surface area contributed by atoms with Crippen LogP contribution in [0.5, 0.6) is 0 Å². The maximum absolute atomic E-state index is 13.8. The fraction of sp³-hybridized carbons (Fsp3) is 0.367. The number of carbonyl (C=O) groups excluding carboxylic acids is 4.